The Morgan fingerprint density at radius 2 is 1.52 bits per heavy atom. The third kappa shape index (κ3) is 5.70. The molecular weight excluding hydrogens is 414 g/mol. The van der Waals surface area contributed by atoms with E-state index in [0.29, 0.717) is 17.1 Å². The van der Waals surface area contributed by atoms with Crippen LogP contribution in [0, 0.1) is 6.92 Å². The van der Waals surface area contributed by atoms with E-state index in [1.54, 1.807) is 42.5 Å². The maximum Gasteiger partial charge on any atom is 0.247 e. The summed E-state index contributed by atoms with van der Waals surface area (Å²) in [6.45, 7) is 3.37. The number of carbonyl (C=O) groups is 1. The van der Waals surface area contributed by atoms with Crippen molar-refractivity contribution < 1.29 is 21.6 Å². The van der Waals surface area contributed by atoms with Crippen molar-refractivity contribution in [3.63, 3.8) is 0 Å². The molecule has 0 aliphatic rings. The van der Waals surface area contributed by atoms with Crippen LogP contribution in [-0.2, 0) is 24.8 Å². The molecule has 2 aromatic carbocycles. The Kier molecular flexibility index (Phi) is 6.59. The minimum Gasteiger partial charge on any atom is -0.324 e. The predicted molar refractivity (Wildman–Crippen MR) is 116 cm³/mol. The molecule has 0 spiro atoms. The molecule has 1 amide bonds. The number of aryl methyl sites for hydroxylation is 1. The molecule has 8 nitrogen and oxygen atoms in total. The highest BCUT2D eigenvalue weighted by molar-refractivity contribution is 7.92. The number of anilines is 3. The van der Waals surface area contributed by atoms with Crippen LogP contribution in [-0.4, -0.2) is 48.3 Å². The van der Waals surface area contributed by atoms with Crippen LogP contribution in [0.4, 0.5) is 17.1 Å². The zero-order valence-electron chi connectivity index (χ0n) is 16.9. The molecule has 0 aromatic heterocycles. The maximum absolute atomic E-state index is 12.8. The lowest BCUT2D eigenvalue weighted by molar-refractivity contribution is -0.116. The molecular formula is C19H25N3O5S2. The average Bonchev–Trinajstić information content (AvgIpc) is 2.61. The van der Waals surface area contributed by atoms with Crippen molar-refractivity contribution in [3.05, 3.63) is 54.1 Å². The first-order chi connectivity index (χ1) is 13.3. The summed E-state index contributed by atoms with van der Waals surface area (Å²) in [6.07, 6.45) is 2.12. The molecule has 0 fully saturated rings. The quantitative estimate of drug-likeness (QED) is 0.712. The summed E-state index contributed by atoms with van der Waals surface area (Å²) >= 11 is 0. The molecule has 2 rings (SSSR count). The number of nitrogens with one attached hydrogen (secondary N) is 1. The van der Waals surface area contributed by atoms with Crippen LogP contribution < -0.4 is 13.9 Å². The van der Waals surface area contributed by atoms with Crippen molar-refractivity contribution in [2.24, 2.45) is 0 Å². The van der Waals surface area contributed by atoms with Gasteiger partial charge in [-0.2, -0.15) is 0 Å². The third-order valence-corrected chi connectivity index (χ3v) is 6.80. The smallest absolute Gasteiger partial charge is 0.247 e. The Balaban J connectivity index is 2.30. The summed E-state index contributed by atoms with van der Waals surface area (Å²) in [4.78, 5) is 12.8. The van der Waals surface area contributed by atoms with Gasteiger partial charge < -0.3 is 5.32 Å². The first kappa shape index (κ1) is 22.7. The molecule has 0 radical (unpaired) electrons. The minimum atomic E-state index is -3.72. The lowest BCUT2D eigenvalue weighted by atomic mass is 10.2. The van der Waals surface area contributed by atoms with Crippen LogP contribution in [0.2, 0.25) is 0 Å². The lowest BCUT2D eigenvalue weighted by Crippen LogP contribution is -2.45. The van der Waals surface area contributed by atoms with Gasteiger partial charge in [-0.1, -0.05) is 23.8 Å². The largest absolute Gasteiger partial charge is 0.324 e. The standard InChI is InChI=1S/C19H25N3O5S2/c1-14-9-11-17(12-10-14)22(29(5,26)27)15(2)19(23)20-16-7-6-8-18(13-16)21(3)28(4,24)25/h6-13,15H,1-5H3,(H,20,23)/t15-/m0/s1. The van der Waals surface area contributed by atoms with Gasteiger partial charge in [0.15, 0.2) is 0 Å². The van der Waals surface area contributed by atoms with Crippen molar-refractivity contribution in [2.75, 3.05) is 33.5 Å². The summed E-state index contributed by atoms with van der Waals surface area (Å²) in [5.41, 5.74) is 2.07. The fraction of sp³-hybridized carbons (Fsp3) is 0.316. The van der Waals surface area contributed by atoms with E-state index >= 15 is 0 Å². The van der Waals surface area contributed by atoms with Crippen molar-refractivity contribution in [1.29, 1.82) is 0 Å². The SMILES string of the molecule is Cc1ccc(N([C@@H](C)C(=O)Nc2cccc(N(C)S(C)(=O)=O)c2)S(C)(=O)=O)cc1. The van der Waals surface area contributed by atoms with E-state index in [0.717, 1.165) is 26.7 Å². The van der Waals surface area contributed by atoms with E-state index in [1.807, 2.05) is 6.92 Å². The zero-order valence-corrected chi connectivity index (χ0v) is 18.6. The molecule has 1 N–H and O–H groups in total. The normalized spacial score (nSPS) is 12.9. The van der Waals surface area contributed by atoms with Crippen LogP contribution >= 0.6 is 0 Å². The zero-order chi connectivity index (χ0) is 22.0. The molecule has 0 bridgehead atoms. The molecule has 158 valence electrons. The molecule has 0 heterocycles. The predicted octanol–water partition coefficient (Wildman–Crippen LogP) is 2.18. The molecule has 10 heteroatoms. The molecule has 1 atom stereocenters. The van der Waals surface area contributed by atoms with Gasteiger partial charge in [-0.25, -0.2) is 16.8 Å². The topological polar surface area (TPSA) is 104 Å². The summed E-state index contributed by atoms with van der Waals surface area (Å²) in [7, 11) is -5.78. The van der Waals surface area contributed by atoms with Crippen LogP contribution in [0.15, 0.2) is 48.5 Å². The summed E-state index contributed by atoms with van der Waals surface area (Å²) < 4.78 is 50.3. The van der Waals surface area contributed by atoms with Crippen LogP contribution in [0.5, 0.6) is 0 Å². The van der Waals surface area contributed by atoms with Crippen LogP contribution in [0.25, 0.3) is 0 Å². The molecule has 0 aliphatic carbocycles. The minimum absolute atomic E-state index is 0.354. The van der Waals surface area contributed by atoms with Gasteiger partial charge in [0.25, 0.3) is 0 Å². The molecule has 0 aliphatic heterocycles. The van der Waals surface area contributed by atoms with E-state index < -0.39 is 32.0 Å². The summed E-state index contributed by atoms with van der Waals surface area (Å²) in [5.74, 6) is -0.546. The van der Waals surface area contributed by atoms with E-state index in [4.69, 9.17) is 0 Å². The molecule has 2 aromatic rings. The van der Waals surface area contributed by atoms with Gasteiger partial charge in [0.1, 0.15) is 6.04 Å². The van der Waals surface area contributed by atoms with Gasteiger partial charge in [-0.05, 0) is 44.2 Å². The van der Waals surface area contributed by atoms with Crippen molar-refractivity contribution in [3.8, 4) is 0 Å². The van der Waals surface area contributed by atoms with Gasteiger partial charge in [-0.15, -0.1) is 0 Å². The van der Waals surface area contributed by atoms with Crippen molar-refractivity contribution in [2.45, 2.75) is 19.9 Å². The van der Waals surface area contributed by atoms with Gasteiger partial charge in [0, 0.05) is 12.7 Å². The fourth-order valence-corrected chi connectivity index (χ4v) is 4.39. The van der Waals surface area contributed by atoms with Crippen LogP contribution in [0.3, 0.4) is 0 Å². The van der Waals surface area contributed by atoms with Gasteiger partial charge in [0.2, 0.25) is 26.0 Å². The Hall–Kier alpha value is -2.59. The summed E-state index contributed by atoms with van der Waals surface area (Å²) in [6, 6.07) is 12.1. The Labute approximate surface area is 172 Å². The number of hydrogen-bond donors (Lipinski definition) is 1. The molecule has 29 heavy (non-hydrogen) atoms. The van der Waals surface area contributed by atoms with E-state index in [9.17, 15) is 21.6 Å². The molecule has 0 unspecified atom stereocenters. The summed E-state index contributed by atoms with van der Waals surface area (Å²) in [5, 5.41) is 2.66. The number of nitrogens with zero attached hydrogens (tertiary/aromatic N) is 2. The third-order valence-electron chi connectivity index (χ3n) is 4.35. The molecule has 0 saturated heterocycles. The van der Waals surface area contributed by atoms with Gasteiger partial charge in [0.05, 0.1) is 23.9 Å². The second kappa shape index (κ2) is 8.42. The number of sulfonamides is 2. The number of amides is 1. The maximum atomic E-state index is 12.8. The first-order valence-electron chi connectivity index (χ1n) is 8.71. The number of hydrogen-bond acceptors (Lipinski definition) is 5. The Morgan fingerprint density at radius 3 is 2.03 bits per heavy atom. The van der Waals surface area contributed by atoms with Crippen LogP contribution in [0.1, 0.15) is 12.5 Å². The monoisotopic (exact) mass is 439 g/mol. The lowest BCUT2D eigenvalue weighted by Gasteiger charge is -2.28. The first-order valence-corrected chi connectivity index (χ1v) is 12.4. The Morgan fingerprint density at radius 1 is 0.931 bits per heavy atom. The van der Waals surface area contributed by atoms with Crippen molar-refractivity contribution >= 4 is 43.0 Å². The number of rotatable bonds is 7. The Bertz CT molecular complexity index is 1100. The van der Waals surface area contributed by atoms with Gasteiger partial charge >= 0.3 is 0 Å². The highest BCUT2D eigenvalue weighted by Gasteiger charge is 2.29. The highest BCUT2D eigenvalue weighted by atomic mass is 32.2. The second-order valence-electron chi connectivity index (χ2n) is 6.84. The average molecular weight is 440 g/mol. The fourth-order valence-electron chi connectivity index (χ4n) is 2.72. The van der Waals surface area contributed by atoms with E-state index in [2.05, 4.69) is 5.32 Å². The number of benzene rings is 2. The van der Waals surface area contributed by atoms with Gasteiger partial charge in [-0.3, -0.25) is 13.4 Å². The molecule has 0 saturated carbocycles. The highest BCUT2D eigenvalue weighted by Crippen LogP contribution is 2.24. The number of carbonyl (C=O) groups excluding carboxylic acids is 1. The second-order valence-corrected chi connectivity index (χ2v) is 10.7. The van der Waals surface area contributed by atoms with Crippen molar-refractivity contribution in [1.82, 2.24) is 0 Å². The van der Waals surface area contributed by atoms with E-state index in [-0.39, 0.29) is 0 Å². The van der Waals surface area contributed by atoms with E-state index in [1.165, 1.54) is 20.0 Å².